The smallest absolute Gasteiger partial charge is 0.326 e. The van der Waals surface area contributed by atoms with Crippen LogP contribution in [0.5, 0.6) is 0 Å². The maximum absolute atomic E-state index is 12.4. The molecule has 98 valence electrons. The van der Waals surface area contributed by atoms with Crippen molar-refractivity contribution in [3.8, 4) is 0 Å². The first-order valence-electron chi connectivity index (χ1n) is 5.79. The lowest BCUT2D eigenvalue weighted by molar-refractivity contribution is -0.141. The van der Waals surface area contributed by atoms with E-state index < -0.39 is 12.0 Å². The second kappa shape index (κ2) is 4.76. The van der Waals surface area contributed by atoms with Gasteiger partial charge in [-0.05, 0) is 41.8 Å². The van der Waals surface area contributed by atoms with E-state index in [2.05, 4.69) is 15.9 Å². The first-order chi connectivity index (χ1) is 8.41. The monoisotopic (exact) mass is 314 g/mol. The first kappa shape index (κ1) is 13.1. The molecule has 1 heterocycles. The van der Waals surface area contributed by atoms with Gasteiger partial charge in [-0.15, -0.1) is 0 Å². The van der Waals surface area contributed by atoms with Crippen molar-refractivity contribution in [1.29, 1.82) is 0 Å². The van der Waals surface area contributed by atoms with Crippen molar-refractivity contribution in [1.82, 2.24) is 9.47 Å². The molecule has 1 aromatic heterocycles. The number of hydrogen-bond acceptors (Lipinski definition) is 2. The molecule has 0 radical (unpaired) electrons. The molecule has 1 aromatic rings. The largest absolute Gasteiger partial charge is 0.480 e. The van der Waals surface area contributed by atoms with E-state index in [9.17, 15) is 9.59 Å². The predicted molar refractivity (Wildman–Crippen MR) is 69.4 cm³/mol. The Hall–Kier alpha value is -1.30. The van der Waals surface area contributed by atoms with E-state index in [-0.39, 0.29) is 11.9 Å². The van der Waals surface area contributed by atoms with Crippen molar-refractivity contribution in [2.45, 2.75) is 31.8 Å². The minimum absolute atomic E-state index is 0.0669. The Morgan fingerprint density at radius 2 is 2.17 bits per heavy atom. The van der Waals surface area contributed by atoms with Crippen LogP contribution < -0.4 is 0 Å². The number of carbonyl (C=O) groups is 2. The summed E-state index contributed by atoms with van der Waals surface area (Å²) >= 11 is 3.31. The van der Waals surface area contributed by atoms with Crippen LogP contribution >= 0.6 is 15.9 Å². The molecule has 1 saturated carbocycles. The van der Waals surface area contributed by atoms with Gasteiger partial charge in [-0.1, -0.05) is 0 Å². The summed E-state index contributed by atoms with van der Waals surface area (Å²) in [6, 6.07) is 0.989. The summed E-state index contributed by atoms with van der Waals surface area (Å²) in [5.41, 5.74) is 0.502. The third-order valence-corrected chi connectivity index (χ3v) is 3.57. The van der Waals surface area contributed by atoms with Gasteiger partial charge in [-0.2, -0.15) is 0 Å². The fourth-order valence-electron chi connectivity index (χ4n) is 2.00. The molecule has 1 aliphatic rings. The Kier molecular flexibility index (Phi) is 3.47. The van der Waals surface area contributed by atoms with Gasteiger partial charge >= 0.3 is 5.97 Å². The molecule has 0 aliphatic heterocycles. The Morgan fingerprint density at radius 3 is 2.56 bits per heavy atom. The SMILES string of the molecule is CC(C(=O)O)N(C(=O)c1cc(Br)cn1C)C1CC1. The van der Waals surface area contributed by atoms with Crippen LogP contribution in [0, 0.1) is 0 Å². The number of aromatic nitrogens is 1. The lowest BCUT2D eigenvalue weighted by Gasteiger charge is -2.26. The van der Waals surface area contributed by atoms with E-state index in [0.29, 0.717) is 5.69 Å². The summed E-state index contributed by atoms with van der Waals surface area (Å²) in [6.45, 7) is 1.55. The van der Waals surface area contributed by atoms with Crippen LogP contribution in [-0.2, 0) is 11.8 Å². The lowest BCUT2D eigenvalue weighted by Crippen LogP contribution is -2.45. The standard InChI is InChI=1S/C12H15BrN2O3/c1-7(12(17)18)15(9-3-4-9)11(16)10-5-8(13)6-14(10)2/h5-7,9H,3-4H2,1-2H3,(H,17,18). The van der Waals surface area contributed by atoms with E-state index in [1.807, 2.05) is 0 Å². The van der Waals surface area contributed by atoms with Gasteiger partial charge in [0, 0.05) is 23.8 Å². The van der Waals surface area contributed by atoms with Crippen LogP contribution in [0.2, 0.25) is 0 Å². The molecule has 18 heavy (non-hydrogen) atoms. The zero-order valence-corrected chi connectivity index (χ0v) is 11.8. The number of aliphatic carboxylic acids is 1. The fraction of sp³-hybridized carbons (Fsp3) is 0.500. The number of carboxylic acids is 1. The molecule has 1 aliphatic carbocycles. The van der Waals surface area contributed by atoms with Gasteiger partial charge in [0.05, 0.1) is 0 Å². The summed E-state index contributed by atoms with van der Waals surface area (Å²) in [6.07, 6.45) is 3.55. The maximum atomic E-state index is 12.4. The molecule has 0 spiro atoms. The highest BCUT2D eigenvalue weighted by Gasteiger charge is 2.39. The van der Waals surface area contributed by atoms with E-state index in [1.165, 1.54) is 4.90 Å². The zero-order valence-electron chi connectivity index (χ0n) is 10.3. The van der Waals surface area contributed by atoms with Gasteiger partial charge in [-0.3, -0.25) is 4.79 Å². The van der Waals surface area contributed by atoms with Crippen molar-refractivity contribution in [3.63, 3.8) is 0 Å². The van der Waals surface area contributed by atoms with Crippen LogP contribution in [0.25, 0.3) is 0 Å². The van der Waals surface area contributed by atoms with Crippen molar-refractivity contribution in [2.75, 3.05) is 0 Å². The summed E-state index contributed by atoms with van der Waals surface area (Å²) in [7, 11) is 1.77. The molecule has 6 heteroatoms. The number of aryl methyl sites for hydroxylation is 1. The third kappa shape index (κ3) is 2.43. The van der Waals surface area contributed by atoms with Crippen LogP contribution in [0.4, 0.5) is 0 Å². The molecule has 1 amide bonds. The lowest BCUT2D eigenvalue weighted by atomic mass is 10.2. The molecule has 0 aromatic carbocycles. The highest BCUT2D eigenvalue weighted by Crippen LogP contribution is 2.30. The van der Waals surface area contributed by atoms with E-state index >= 15 is 0 Å². The molecule has 1 N–H and O–H groups in total. The number of hydrogen-bond donors (Lipinski definition) is 1. The van der Waals surface area contributed by atoms with Crippen LogP contribution in [0.1, 0.15) is 30.3 Å². The van der Waals surface area contributed by atoms with Crippen LogP contribution in [-0.4, -0.2) is 38.5 Å². The average Bonchev–Trinajstić information content (AvgIpc) is 3.04. The number of halogens is 1. The molecular formula is C12H15BrN2O3. The Bertz CT molecular complexity index is 494. The van der Waals surface area contributed by atoms with E-state index in [0.717, 1.165) is 17.3 Å². The normalized spacial score (nSPS) is 16.4. The maximum Gasteiger partial charge on any atom is 0.326 e. The minimum Gasteiger partial charge on any atom is -0.480 e. The highest BCUT2D eigenvalue weighted by molar-refractivity contribution is 9.10. The predicted octanol–water partition coefficient (Wildman–Crippen LogP) is 1.87. The van der Waals surface area contributed by atoms with Crippen molar-refractivity contribution in [3.05, 3.63) is 22.4 Å². The molecule has 0 bridgehead atoms. The average molecular weight is 315 g/mol. The zero-order chi connectivity index (χ0) is 13.4. The van der Waals surface area contributed by atoms with Gasteiger partial charge in [0.2, 0.25) is 0 Å². The van der Waals surface area contributed by atoms with Crippen molar-refractivity contribution >= 4 is 27.8 Å². The van der Waals surface area contributed by atoms with Gasteiger partial charge < -0.3 is 14.6 Å². The van der Waals surface area contributed by atoms with Crippen LogP contribution in [0.15, 0.2) is 16.7 Å². The summed E-state index contributed by atoms with van der Waals surface area (Å²) < 4.78 is 2.52. The summed E-state index contributed by atoms with van der Waals surface area (Å²) in [4.78, 5) is 25.0. The molecule has 2 rings (SSSR count). The first-order valence-corrected chi connectivity index (χ1v) is 6.58. The molecule has 1 unspecified atom stereocenters. The highest BCUT2D eigenvalue weighted by atomic mass is 79.9. The molecule has 5 nitrogen and oxygen atoms in total. The number of nitrogens with zero attached hydrogens (tertiary/aromatic N) is 2. The summed E-state index contributed by atoms with van der Waals surface area (Å²) in [5.74, 6) is -1.19. The third-order valence-electron chi connectivity index (χ3n) is 3.14. The Labute approximate surface area is 114 Å². The van der Waals surface area contributed by atoms with Gasteiger partial charge in [-0.25, -0.2) is 4.79 Å². The van der Waals surface area contributed by atoms with Crippen LogP contribution in [0.3, 0.4) is 0 Å². The Morgan fingerprint density at radius 1 is 1.56 bits per heavy atom. The fourth-order valence-corrected chi connectivity index (χ4v) is 2.52. The number of carboxylic acid groups (broad SMARTS) is 1. The number of amides is 1. The molecule has 1 fully saturated rings. The topological polar surface area (TPSA) is 62.5 Å². The quantitative estimate of drug-likeness (QED) is 0.922. The van der Waals surface area contributed by atoms with E-state index in [1.54, 1.807) is 30.8 Å². The molecule has 1 atom stereocenters. The van der Waals surface area contributed by atoms with Gasteiger partial charge in [0.1, 0.15) is 11.7 Å². The minimum atomic E-state index is -0.969. The van der Waals surface area contributed by atoms with Gasteiger partial charge in [0.25, 0.3) is 5.91 Å². The second-order valence-corrected chi connectivity index (χ2v) is 5.53. The number of carbonyl (C=O) groups excluding carboxylic acids is 1. The van der Waals surface area contributed by atoms with Crippen molar-refractivity contribution < 1.29 is 14.7 Å². The Balaban J connectivity index is 2.29. The second-order valence-electron chi connectivity index (χ2n) is 4.61. The molecular weight excluding hydrogens is 300 g/mol. The summed E-state index contributed by atoms with van der Waals surface area (Å²) in [5, 5.41) is 9.09. The van der Waals surface area contributed by atoms with Crippen molar-refractivity contribution in [2.24, 2.45) is 7.05 Å². The number of rotatable bonds is 4. The molecule has 0 saturated heterocycles. The van der Waals surface area contributed by atoms with E-state index in [4.69, 9.17) is 5.11 Å². The van der Waals surface area contributed by atoms with Gasteiger partial charge in [0.15, 0.2) is 0 Å².